The second kappa shape index (κ2) is 6.72. The largest absolute Gasteiger partial charge is 0.494 e. The Hall–Kier alpha value is -1.82. The van der Waals surface area contributed by atoms with E-state index < -0.39 is 0 Å². The molecule has 6 heteroatoms. The third-order valence-electron chi connectivity index (χ3n) is 4.29. The van der Waals surface area contributed by atoms with E-state index in [-0.39, 0.29) is 5.54 Å². The van der Waals surface area contributed by atoms with E-state index in [0.717, 1.165) is 32.4 Å². The molecule has 134 valence electrons. The fourth-order valence-electron chi connectivity index (χ4n) is 3.11. The number of ether oxygens (including phenoxy) is 1. The fourth-order valence-corrected chi connectivity index (χ4v) is 6.18. The van der Waals surface area contributed by atoms with Gasteiger partial charge in [-0.25, -0.2) is 4.99 Å². The highest BCUT2D eigenvalue weighted by Crippen LogP contribution is 2.46. The normalized spacial score (nSPS) is 15.2. The third-order valence-corrected chi connectivity index (χ3v) is 7.18. The monoisotopic (exact) mass is 402 g/mol. The van der Waals surface area contributed by atoms with Crippen LogP contribution in [0.1, 0.15) is 25.6 Å². The number of nitrogens with zero attached hydrogens (tertiary/aromatic N) is 1. The molecule has 0 saturated carbocycles. The molecule has 0 spiro atoms. The van der Waals surface area contributed by atoms with Crippen molar-refractivity contribution < 1.29 is 4.74 Å². The molecule has 0 amide bonds. The molecular formula is C20H19ClN2OS2. The van der Waals surface area contributed by atoms with Gasteiger partial charge in [-0.3, -0.25) is 0 Å². The van der Waals surface area contributed by atoms with Crippen LogP contribution >= 0.6 is 32.3 Å². The highest BCUT2D eigenvalue weighted by molar-refractivity contribution is 7.68. The van der Waals surface area contributed by atoms with E-state index in [0.29, 0.717) is 6.61 Å². The average Bonchev–Trinajstić information content (AvgIpc) is 3.03. The topological polar surface area (TPSA) is 33.6 Å². The number of hydrogen-bond acceptors (Lipinski definition) is 5. The second-order valence-corrected chi connectivity index (χ2v) is 9.22. The molecule has 0 bridgehead atoms. The van der Waals surface area contributed by atoms with Crippen LogP contribution in [0.25, 0.3) is 11.1 Å². The van der Waals surface area contributed by atoms with E-state index >= 15 is 0 Å². The minimum absolute atomic E-state index is 0.135. The summed E-state index contributed by atoms with van der Waals surface area (Å²) in [6.07, 6.45) is 0. The standard InChI is InChI=1S/C20H19ClN2OS2/c1-4-24-14-9-10-16-15(11-14)17-18(20(2,3)23-16)25-26-19(17)22-13-7-5-12(21)6-8-13/h5-11,23H,4H2,1-3H3. The predicted molar refractivity (Wildman–Crippen MR) is 112 cm³/mol. The summed E-state index contributed by atoms with van der Waals surface area (Å²) in [6.45, 7) is 7.07. The van der Waals surface area contributed by atoms with Gasteiger partial charge in [-0.1, -0.05) is 32.3 Å². The molecule has 2 heterocycles. The Balaban J connectivity index is 1.93. The quantitative estimate of drug-likeness (QED) is 0.512. The van der Waals surface area contributed by atoms with Gasteiger partial charge in [0.05, 0.1) is 22.7 Å². The van der Waals surface area contributed by atoms with Crippen LogP contribution in [0, 0.1) is 0 Å². The molecule has 0 fully saturated rings. The lowest BCUT2D eigenvalue weighted by Gasteiger charge is -2.33. The lowest BCUT2D eigenvalue weighted by Crippen LogP contribution is -2.31. The lowest BCUT2D eigenvalue weighted by molar-refractivity contribution is 0.340. The zero-order chi connectivity index (χ0) is 18.3. The van der Waals surface area contributed by atoms with Gasteiger partial charge in [0, 0.05) is 21.8 Å². The Morgan fingerprint density at radius 3 is 2.62 bits per heavy atom. The van der Waals surface area contributed by atoms with Gasteiger partial charge in [0.25, 0.3) is 0 Å². The summed E-state index contributed by atoms with van der Waals surface area (Å²) in [5.74, 6) is 0.882. The van der Waals surface area contributed by atoms with E-state index in [9.17, 15) is 0 Å². The highest BCUT2D eigenvalue weighted by Gasteiger charge is 2.33. The third kappa shape index (κ3) is 3.15. The number of rotatable bonds is 3. The van der Waals surface area contributed by atoms with E-state index in [1.54, 1.807) is 20.7 Å². The summed E-state index contributed by atoms with van der Waals surface area (Å²) in [7, 11) is 3.49. The number of nitrogens with one attached hydrogen (secondary N) is 1. The average molecular weight is 403 g/mol. The van der Waals surface area contributed by atoms with E-state index in [4.69, 9.17) is 21.3 Å². The molecule has 1 aliphatic heterocycles. The summed E-state index contributed by atoms with van der Waals surface area (Å²) in [5, 5.41) is 4.37. The molecule has 3 aromatic rings. The van der Waals surface area contributed by atoms with Crippen molar-refractivity contribution in [3.63, 3.8) is 0 Å². The van der Waals surface area contributed by atoms with Crippen molar-refractivity contribution in [1.82, 2.24) is 0 Å². The van der Waals surface area contributed by atoms with Crippen LogP contribution in [0.5, 0.6) is 5.75 Å². The maximum atomic E-state index is 6.00. The minimum Gasteiger partial charge on any atom is -0.494 e. The van der Waals surface area contributed by atoms with Crippen LogP contribution in [0.15, 0.2) is 47.5 Å². The Morgan fingerprint density at radius 1 is 1.12 bits per heavy atom. The summed E-state index contributed by atoms with van der Waals surface area (Å²) in [6, 6.07) is 13.9. The number of halogens is 1. The molecule has 2 aromatic carbocycles. The second-order valence-electron chi connectivity index (χ2n) is 6.65. The first kappa shape index (κ1) is 17.6. The van der Waals surface area contributed by atoms with Crippen LogP contribution < -0.4 is 14.7 Å². The molecule has 0 atom stereocenters. The summed E-state index contributed by atoms with van der Waals surface area (Å²) in [4.78, 5) is 6.20. The van der Waals surface area contributed by atoms with E-state index in [1.165, 1.54) is 10.4 Å². The number of anilines is 1. The summed E-state index contributed by atoms with van der Waals surface area (Å²) >= 11 is 6.00. The molecular weight excluding hydrogens is 384 g/mol. The maximum absolute atomic E-state index is 6.00. The van der Waals surface area contributed by atoms with Gasteiger partial charge in [-0.15, -0.1) is 0 Å². The van der Waals surface area contributed by atoms with Gasteiger partial charge >= 0.3 is 0 Å². The Morgan fingerprint density at radius 2 is 1.88 bits per heavy atom. The number of hydrogen-bond donors (Lipinski definition) is 1. The fraction of sp³-hybridized carbons (Fsp3) is 0.250. The molecule has 26 heavy (non-hydrogen) atoms. The van der Waals surface area contributed by atoms with Gasteiger partial charge in [-0.05, 0) is 63.2 Å². The van der Waals surface area contributed by atoms with E-state index in [2.05, 4.69) is 31.3 Å². The molecule has 0 radical (unpaired) electrons. The van der Waals surface area contributed by atoms with Gasteiger partial charge in [-0.2, -0.15) is 0 Å². The molecule has 0 saturated heterocycles. The van der Waals surface area contributed by atoms with Crippen molar-refractivity contribution in [3.8, 4) is 16.9 Å². The van der Waals surface area contributed by atoms with Crippen molar-refractivity contribution >= 4 is 43.7 Å². The maximum Gasteiger partial charge on any atom is 0.135 e. The van der Waals surface area contributed by atoms with Gasteiger partial charge < -0.3 is 10.1 Å². The molecule has 3 nitrogen and oxygen atoms in total. The molecule has 1 aromatic heterocycles. The zero-order valence-electron chi connectivity index (χ0n) is 14.8. The van der Waals surface area contributed by atoms with Crippen molar-refractivity contribution in [3.05, 3.63) is 57.0 Å². The van der Waals surface area contributed by atoms with E-state index in [1.807, 2.05) is 37.3 Å². The van der Waals surface area contributed by atoms with Crippen molar-refractivity contribution in [2.75, 3.05) is 11.9 Å². The van der Waals surface area contributed by atoms with Gasteiger partial charge in [0.2, 0.25) is 0 Å². The van der Waals surface area contributed by atoms with Crippen molar-refractivity contribution in [1.29, 1.82) is 0 Å². The molecule has 0 aliphatic carbocycles. The van der Waals surface area contributed by atoms with Crippen LogP contribution in [-0.4, -0.2) is 6.61 Å². The zero-order valence-corrected chi connectivity index (χ0v) is 17.2. The molecule has 4 rings (SSSR count). The summed E-state index contributed by atoms with van der Waals surface area (Å²) < 4.78 is 6.75. The first-order valence-corrected chi connectivity index (χ1v) is 11.0. The number of benzene rings is 2. The molecule has 0 unspecified atom stereocenters. The lowest BCUT2D eigenvalue weighted by atomic mass is 9.90. The predicted octanol–water partition coefficient (Wildman–Crippen LogP) is 6.42. The van der Waals surface area contributed by atoms with Crippen LogP contribution in [0.4, 0.5) is 11.4 Å². The highest BCUT2D eigenvalue weighted by atomic mass is 35.5. The SMILES string of the molecule is CCOc1ccc2c(c1)-c1c(ssc1=Nc1ccc(Cl)cc1)C(C)(C)N2. The van der Waals surface area contributed by atoms with Gasteiger partial charge in [0.15, 0.2) is 0 Å². The number of fused-ring (bicyclic) bond motifs is 3. The molecule has 1 N–H and O–H groups in total. The first-order valence-electron chi connectivity index (χ1n) is 8.47. The Kier molecular flexibility index (Phi) is 4.55. The summed E-state index contributed by atoms with van der Waals surface area (Å²) in [5.41, 5.74) is 4.24. The van der Waals surface area contributed by atoms with Crippen LogP contribution in [0.2, 0.25) is 5.02 Å². The first-order chi connectivity index (χ1) is 12.5. The van der Waals surface area contributed by atoms with Crippen LogP contribution in [0.3, 0.4) is 0 Å². The van der Waals surface area contributed by atoms with Crippen molar-refractivity contribution in [2.24, 2.45) is 4.99 Å². The van der Waals surface area contributed by atoms with Crippen molar-refractivity contribution in [2.45, 2.75) is 26.3 Å². The Labute approximate surface area is 165 Å². The van der Waals surface area contributed by atoms with Gasteiger partial charge in [0.1, 0.15) is 10.4 Å². The smallest absolute Gasteiger partial charge is 0.135 e. The minimum atomic E-state index is -0.135. The van der Waals surface area contributed by atoms with Crippen LogP contribution in [-0.2, 0) is 5.54 Å². The molecule has 1 aliphatic rings. The Bertz CT molecular complexity index is 1020.